The van der Waals surface area contributed by atoms with E-state index in [-0.39, 0.29) is 5.82 Å². The second-order valence-corrected chi connectivity index (χ2v) is 5.03. The van der Waals surface area contributed by atoms with Crippen molar-refractivity contribution in [3.8, 4) is 0 Å². The van der Waals surface area contributed by atoms with Crippen LogP contribution in [0, 0.1) is 5.82 Å². The number of anilines is 1. The molecular formula is C14H15FN4. The average Bonchev–Trinajstić information content (AvgIpc) is 2.80. The molecule has 1 aromatic carbocycles. The molecule has 1 aliphatic rings. The highest BCUT2D eigenvalue weighted by molar-refractivity contribution is 5.97. The van der Waals surface area contributed by atoms with Crippen LogP contribution in [0.5, 0.6) is 0 Å². The zero-order valence-corrected chi connectivity index (χ0v) is 10.6. The molecule has 0 aliphatic carbocycles. The Labute approximate surface area is 110 Å². The summed E-state index contributed by atoms with van der Waals surface area (Å²) in [6.45, 7) is 2.40. The molecule has 19 heavy (non-hydrogen) atoms. The van der Waals surface area contributed by atoms with E-state index >= 15 is 0 Å². The van der Waals surface area contributed by atoms with Gasteiger partial charge in [-0.25, -0.2) is 4.39 Å². The second-order valence-electron chi connectivity index (χ2n) is 5.03. The molecule has 1 aliphatic heterocycles. The van der Waals surface area contributed by atoms with E-state index in [1.807, 2.05) is 29.8 Å². The van der Waals surface area contributed by atoms with Crippen LogP contribution in [0.1, 0.15) is 18.2 Å². The van der Waals surface area contributed by atoms with Gasteiger partial charge in [0.1, 0.15) is 17.2 Å². The summed E-state index contributed by atoms with van der Waals surface area (Å²) in [7, 11) is 0. The normalized spacial score (nSPS) is 21.9. The van der Waals surface area contributed by atoms with Gasteiger partial charge in [-0.15, -0.1) is 0 Å². The molecule has 0 radical (unpaired) electrons. The van der Waals surface area contributed by atoms with Crippen LogP contribution in [0.3, 0.4) is 0 Å². The number of amidine groups is 1. The van der Waals surface area contributed by atoms with E-state index in [1.54, 1.807) is 12.1 Å². The van der Waals surface area contributed by atoms with Crippen molar-refractivity contribution in [1.29, 1.82) is 0 Å². The number of hydrogen-bond acceptors (Lipinski definition) is 3. The SMILES string of the molecule is C[C@]1(c2cc(N)ccc2F)Cn2cccc2C(N)=N1. The fourth-order valence-electron chi connectivity index (χ4n) is 2.58. The molecule has 0 fully saturated rings. The van der Waals surface area contributed by atoms with Crippen LogP contribution in [0.2, 0.25) is 0 Å². The minimum absolute atomic E-state index is 0.316. The molecule has 1 atom stereocenters. The Morgan fingerprint density at radius 1 is 1.32 bits per heavy atom. The predicted molar refractivity (Wildman–Crippen MR) is 73.3 cm³/mol. The number of rotatable bonds is 1. The number of nitrogens with zero attached hydrogens (tertiary/aromatic N) is 2. The summed E-state index contributed by atoms with van der Waals surface area (Å²) in [5.41, 5.74) is 12.8. The number of nitrogens with two attached hydrogens (primary N) is 2. The van der Waals surface area contributed by atoms with Crippen LogP contribution in [0.15, 0.2) is 41.5 Å². The smallest absolute Gasteiger partial charge is 0.143 e. The summed E-state index contributed by atoms with van der Waals surface area (Å²) in [4.78, 5) is 4.48. The van der Waals surface area contributed by atoms with E-state index < -0.39 is 5.54 Å². The molecule has 2 aromatic rings. The summed E-state index contributed by atoms with van der Waals surface area (Å²) in [6.07, 6.45) is 1.92. The predicted octanol–water partition coefficient (Wildman–Crippen LogP) is 1.84. The molecule has 0 saturated carbocycles. The van der Waals surface area contributed by atoms with Gasteiger partial charge >= 0.3 is 0 Å². The van der Waals surface area contributed by atoms with Crippen molar-refractivity contribution >= 4 is 11.5 Å². The number of fused-ring (bicyclic) bond motifs is 1. The van der Waals surface area contributed by atoms with Crippen LogP contribution >= 0.6 is 0 Å². The lowest BCUT2D eigenvalue weighted by molar-refractivity contribution is 0.385. The van der Waals surface area contributed by atoms with Crippen molar-refractivity contribution in [2.75, 3.05) is 5.73 Å². The van der Waals surface area contributed by atoms with Gasteiger partial charge < -0.3 is 16.0 Å². The lowest BCUT2D eigenvalue weighted by atomic mass is 9.90. The monoisotopic (exact) mass is 258 g/mol. The highest BCUT2D eigenvalue weighted by Crippen LogP contribution is 2.34. The average molecular weight is 258 g/mol. The maximum Gasteiger partial charge on any atom is 0.143 e. The maximum atomic E-state index is 14.1. The second kappa shape index (κ2) is 3.85. The molecule has 0 unspecified atom stereocenters. The molecule has 5 heteroatoms. The Hall–Kier alpha value is -2.30. The molecule has 2 heterocycles. The maximum absolute atomic E-state index is 14.1. The summed E-state index contributed by atoms with van der Waals surface area (Å²) >= 11 is 0. The Bertz CT molecular complexity index is 674. The molecule has 3 rings (SSSR count). The van der Waals surface area contributed by atoms with E-state index in [4.69, 9.17) is 11.5 Å². The minimum Gasteiger partial charge on any atom is -0.399 e. The number of nitrogen functional groups attached to an aromatic ring is 1. The van der Waals surface area contributed by atoms with Crippen LogP contribution in [0.25, 0.3) is 0 Å². The Morgan fingerprint density at radius 2 is 2.11 bits per heavy atom. The van der Waals surface area contributed by atoms with Crippen molar-refractivity contribution in [3.05, 3.63) is 53.6 Å². The fraction of sp³-hybridized carbons (Fsp3) is 0.214. The van der Waals surface area contributed by atoms with Crippen LogP contribution < -0.4 is 11.5 Å². The number of hydrogen-bond donors (Lipinski definition) is 2. The molecule has 4 nitrogen and oxygen atoms in total. The van der Waals surface area contributed by atoms with Gasteiger partial charge in [0.2, 0.25) is 0 Å². The van der Waals surface area contributed by atoms with Crippen LogP contribution in [-0.4, -0.2) is 10.4 Å². The van der Waals surface area contributed by atoms with Gasteiger partial charge in [0.15, 0.2) is 0 Å². The Kier molecular flexibility index (Phi) is 2.38. The zero-order valence-electron chi connectivity index (χ0n) is 10.6. The topological polar surface area (TPSA) is 69.3 Å². The van der Waals surface area contributed by atoms with E-state index in [1.165, 1.54) is 6.07 Å². The van der Waals surface area contributed by atoms with Crippen molar-refractivity contribution in [3.63, 3.8) is 0 Å². The van der Waals surface area contributed by atoms with E-state index in [0.717, 1.165) is 5.69 Å². The molecular weight excluding hydrogens is 243 g/mol. The minimum atomic E-state index is -0.741. The number of halogens is 1. The number of aliphatic imine (C=N–C) groups is 1. The lowest BCUT2D eigenvalue weighted by Crippen LogP contribution is -2.37. The molecule has 0 bridgehead atoms. The Balaban J connectivity index is 2.15. The third-order valence-corrected chi connectivity index (χ3v) is 3.51. The summed E-state index contributed by atoms with van der Waals surface area (Å²) < 4.78 is 16.0. The standard InChI is InChI=1S/C14H15FN4/c1-14(10-7-9(16)4-5-11(10)15)8-19-6-2-3-12(19)13(17)18-14/h2-7H,8,16H2,1H3,(H2,17,18)/t14-/m1/s1. The van der Waals surface area contributed by atoms with Crippen molar-refractivity contribution in [2.24, 2.45) is 10.7 Å². The van der Waals surface area contributed by atoms with Crippen LogP contribution in [0.4, 0.5) is 10.1 Å². The summed E-state index contributed by atoms with van der Waals surface area (Å²) in [5, 5.41) is 0. The van der Waals surface area contributed by atoms with Gasteiger partial charge in [-0.1, -0.05) is 0 Å². The molecule has 1 aromatic heterocycles. The van der Waals surface area contributed by atoms with Crippen molar-refractivity contribution in [1.82, 2.24) is 4.57 Å². The van der Waals surface area contributed by atoms with E-state index in [0.29, 0.717) is 23.6 Å². The van der Waals surface area contributed by atoms with Crippen LogP contribution in [-0.2, 0) is 12.1 Å². The van der Waals surface area contributed by atoms with E-state index in [9.17, 15) is 4.39 Å². The first-order valence-electron chi connectivity index (χ1n) is 6.06. The van der Waals surface area contributed by atoms with Crippen molar-refractivity contribution < 1.29 is 4.39 Å². The highest BCUT2D eigenvalue weighted by atomic mass is 19.1. The zero-order chi connectivity index (χ0) is 13.6. The van der Waals surface area contributed by atoms with Gasteiger partial charge in [-0.05, 0) is 37.3 Å². The molecule has 0 amide bonds. The molecule has 0 saturated heterocycles. The summed E-state index contributed by atoms with van der Waals surface area (Å²) in [6, 6.07) is 8.33. The summed E-state index contributed by atoms with van der Waals surface area (Å²) in [5.74, 6) is 0.101. The quantitative estimate of drug-likeness (QED) is 0.766. The van der Waals surface area contributed by atoms with Gasteiger partial charge in [-0.2, -0.15) is 0 Å². The fourth-order valence-corrected chi connectivity index (χ4v) is 2.58. The van der Waals surface area contributed by atoms with Crippen molar-refractivity contribution in [2.45, 2.75) is 19.0 Å². The van der Waals surface area contributed by atoms with E-state index in [2.05, 4.69) is 4.99 Å². The first-order valence-corrected chi connectivity index (χ1v) is 6.06. The van der Waals surface area contributed by atoms with Gasteiger partial charge in [-0.3, -0.25) is 4.99 Å². The molecule has 4 N–H and O–H groups in total. The van der Waals surface area contributed by atoms with Gasteiger partial charge in [0.25, 0.3) is 0 Å². The third kappa shape index (κ3) is 1.78. The number of aromatic nitrogens is 1. The number of benzene rings is 1. The Morgan fingerprint density at radius 3 is 2.89 bits per heavy atom. The molecule has 98 valence electrons. The van der Waals surface area contributed by atoms with Gasteiger partial charge in [0, 0.05) is 17.4 Å². The highest BCUT2D eigenvalue weighted by Gasteiger charge is 2.34. The molecule has 0 spiro atoms. The first-order chi connectivity index (χ1) is 8.99. The lowest BCUT2D eigenvalue weighted by Gasteiger charge is -2.32. The first kappa shape index (κ1) is 11.8. The largest absolute Gasteiger partial charge is 0.399 e. The van der Waals surface area contributed by atoms with Gasteiger partial charge in [0.05, 0.1) is 12.2 Å². The third-order valence-electron chi connectivity index (χ3n) is 3.51.